The zero-order valence-corrected chi connectivity index (χ0v) is 14.8. The molecule has 25 heavy (non-hydrogen) atoms. The number of allylic oxidation sites excluding steroid dienone is 5. The fourth-order valence-electron chi connectivity index (χ4n) is 2.31. The SMILES string of the molecule is O=C(C1=CCC(Cl)=CC=C1NSc1ccc(F)cc1)c1ccccc1. The van der Waals surface area contributed by atoms with Gasteiger partial charge < -0.3 is 4.72 Å². The zero-order valence-electron chi connectivity index (χ0n) is 13.2. The molecule has 0 fully saturated rings. The van der Waals surface area contributed by atoms with Crippen LogP contribution in [-0.2, 0) is 0 Å². The van der Waals surface area contributed by atoms with Crippen molar-refractivity contribution in [2.45, 2.75) is 11.3 Å². The summed E-state index contributed by atoms with van der Waals surface area (Å²) in [5, 5.41) is 0.655. The van der Waals surface area contributed by atoms with E-state index < -0.39 is 0 Å². The highest BCUT2D eigenvalue weighted by molar-refractivity contribution is 7.97. The van der Waals surface area contributed by atoms with E-state index in [1.807, 2.05) is 24.3 Å². The largest absolute Gasteiger partial charge is 0.325 e. The summed E-state index contributed by atoms with van der Waals surface area (Å²) in [5.41, 5.74) is 1.85. The van der Waals surface area contributed by atoms with Crippen LogP contribution in [0.3, 0.4) is 0 Å². The van der Waals surface area contributed by atoms with Crippen LogP contribution >= 0.6 is 23.5 Å². The number of benzene rings is 2. The normalized spacial score (nSPS) is 14.1. The third kappa shape index (κ3) is 4.62. The number of Topliss-reactive ketones (excluding diaryl/α,β-unsaturated/α-hetero) is 1. The lowest BCUT2D eigenvalue weighted by atomic mass is 10.0. The van der Waals surface area contributed by atoms with Crippen LogP contribution in [0.25, 0.3) is 0 Å². The molecule has 0 aromatic heterocycles. The van der Waals surface area contributed by atoms with Crippen molar-refractivity contribution < 1.29 is 9.18 Å². The summed E-state index contributed by atoms with van der Waals surface area (Å²) in [6.07, 6.45) is 5.89. The molecule has 0 amide bonds. The van der Waals surface area contributed by atoms with Crippen molar-refractivity contribution in [2.24, 2.45) is 0 Å². The first-order valence-corrected chi connectivity index (χ1v) is 8.88. The lowest BCUT2D eigenvalue weighted by Gasteiger charge is -2.13. The number of hydrogen-bond acceptors (Lipinski definition) is 3. The molecule has 0 atom stereocenters. The van der Waals surface area contributed by atoms with E-state index in [0.29, 0.717) is 28.3 Å². The molecular formula is C20H15ClFNOS. The molecule has 2 nitrogen and oxygen atoms in total. The molecule has 126 valence electrons. The van der Waals surface area contributed by atoms with E-state index in [4.69, 9.17) is 11.6 Å². The fourth-order valence-corrected chi connectivity index (χ4v) is 3.12. The molecule has 0 spiro atoms. The second kappa shape index (κ2) is 8.19. The maximum Gasteiger partial charge on any atom is 0.194 e. The minimum absolute atomic E-state index is 0.0705. The Morgan fingerprint density at radius 1 is 1.04 bits per heavy atom. The van der Waals surface area contributed by atoms with Gasteiger partial charge in [-0.2, -0.15) is 0 Å². The first-order valence-electron chi connectivity index (χ1n) is 7.68. The number of carbonyl (C=O) groups is 1. The van der Waals surface area contributed by atoms with Crippen LogP contribution in [0, 0.1) is 5.82 Å². The van der Waals surface area contributed by atoms with Gasteiger partial charge in [-0.1, -0.05) is 48.0 Å². The monoisotopic (exact) mass is 371 g/mol. The van der Waals surface area contributed by atoms with Gasteiger partial charge in [0.05, 0.1) is 5.70 Å². The number of ketones is 1. The lowest BCUT2D eigenvalue weighted by Crippen LogP contribution is -2.13. The average molecular weight is 372 g/mol. The Kier molecular flexibility index (Phi) is 5.74. The number of rotatable bonds is 5. The Balaban J connectivity index is 1.82. The highest BCUT2D eigenvalue weighted by Gasteiger charge is 2.18. The average Bonchev–Trinajstić information content (AvgIpc) is 2.83. The molecule has 1 N–H and O–H groups in total. The van der Waals surface area contributed by atoms with Crippen LogP contribution < -0.4 is 4.72 Å². The van der Waals surface area contributed by atoms with Crippen molar-refractivity contribution in [3.05, 3.63) is 101 Å². The van der Waals surface area contributed by atoms with Crippen molar-refractivity contribution >= 4 is 29.3 Å². The Bertz CT molecular complexity index is 857. The molecule has 3 rings (SSSR count). The van der Waals surface area contributed by atoms with E-state index in [2.05, 4.69) is 4.72 Å². The standard InChI is InChI=1S/C20H15ClFNOS/c21-15-6-12-18(20(24)14-4-2-1-3-5-14)19(13-7-15)23-25-17-10-8-16(22)9-11-17/h1-5,7-13,23H,6H2. The second-order valence-electron chi connectivity index (χ2n) is 5.37. The van der Waals surface area contributed by atoms with Crippen molar-refractivity contribution in [2.75, 3.05) is 0 Å². The second-order valence-corrected chi connectivity index (χ2v) is 6.73. The molecule has 0 unspecified atom stereocenters. The summed E-state index contributed by atoms with van der Waals surface area (Å²) >= 11 is 7.43. The molecule has 0 saturated carbocycles. The van der Waals surface area contributed by atoms with Crippen molar-refractivity contribution in [3.8, 4) is 0 Å². The van der Waals surface area contributed by atoms with Crippen LogP contribution in [0.1, 0.15) is 16.8 Å². The molecule has 0 bridgehead atoms. The van der Waals surface area contributed by atoms with E-state index in [0.717, 1.165) is 4.90 Å². The summed E-state index contributed by atoms with van der Waals surface area (Å²) < 4.78 is 16.2. The maximum atomic E-state index is 13.0. The topological polar surface area (TPSA) is 29.1 Å². The Morgan fingerprint density at radius 2 is 1.76 bits per heavy atom. The molecule has 2 aromatic carbocycles. The van der Waals surface area contributed by atoms with Gasteiger partial charge in [-0.3, -0.25) is 4.79 Å². The van der Waals surface area contributed by atoms with Gasteiger partial charge >= 0.3 is 0 Å². The number of hydrogen-bond donors (Lipinski definition) is 1. The Morgan fingerprint density at radius 3 is 2.48 bits per heavy atom. The van der Waals surface area contributed by atoms with E-state index in [1.165, 1.54) is 24.1 Å². The van der Waals surface area contributed by atoms with Gasteiger partial charge in [0.15, 0.2) is 5.78 Å². The Hall–Kier alpha value is -2.30. The van der Waals surface area contributed by atoms with Crippen LogP contribution in [-0.4, -0.2) is 5.78 Å². The first kappa shape index (κ1) is 17.5. The molecule has 1 aliphatic carbocycles. The van der Waals surface area contributed by atoms with Gasteiger partial charge in [-0.15, -0.1) is 0 Å². The molecule has 2 aromatic rings. The third-order valence-electron chi connectivity index (χ3n) is 3.60. The molecule has 0 radical (unpaired) electrons. The Labute approximate surface area is 155 Å². The molecule has 0 heterocycles. The van der Waals surface area contributed by atoms with Gasteiger partial charge in [0.25, 0.3) is 0 Å². The number of carbonyl (C=O) groups excluding carboxylic acids is 1. The van der Waals surface area contributed by atoms with Crippen molar-refractivity contribution in [3.63, 3.8) is 0 Å². The summed E-state index contributed by atoms with van der Waals surface area (Å²) in [5.74, 6) is -0.355. The smallest absolute Gasteiger partial charge is 0.194 e. The van der Waals surface area contributed by atoms with E-state index >= 15 is 0 Å². The van der Waals surface area contributed by atoms with Crippen molar-refractivity contribution in [1.82, 2.24) is 4.72 Å². The highest BCUT2D eigenvalue weighted by Crippen LogP contribution is 2.25. The summed E-state index contributed by atoms with van der Waals surface area (Å²) in [4.78, 5) is 13.7. The predicted octanol–water partition coefficient (Wildman–Crippen LogP) is 5.64. The van der Waals surface area contributed by atoms with E-state index in [1.54, 1.807) is 36.4 Å². The van der Waals surface area contributed by atoms with Crippen LogP contribution in [0.2, 0.25) is 0 Å². The van der Waals surface area contributed by atoms with Crippen molar-refractivity contribution in [1.29, 1.82) is 0 Å². The number of nitrogens with one attached hydrogen (secondary N) is 1. The third-order valence-corrected chi connectivity index (χ3v) is 4.71. The quantitative estimate of drug-likeness (QED) is 0.544. The van der Waals surface area contributed by atoms with Gasteiger partial charge in [-0.05, 0) is 48.4 Å². The first-order chi connectivity index (χ1) is 12.1. The fraction of sp³-hybridized carbons (Fsp3) is 0.0500. The summed E-state index contributed by atoms with van der Waals surface area (Å²) in [6, 6.07) is 15.3. The minimum atomic E-state index is -0.285. The molecule has 5 heteroatoms. The predicted molar refractivity (Wildman–Crippen MR) is 101 cm³/mol. The van der Waals surface area contributed by atoms with Gasteiger partial charge in [-0.25, -0.2) is 4.39 Å². The molecule has 0 saturated heterocycles. The molecule has 1 aliphatic rings. The molecule has 0 aliphatic heterocycles. The maximum absolute atomic E-state index is 13.0. The van der Waals surface area contributed by atoms with Crippen LogP contribution in [0.15, 0.2) is 94.0 Å². The number of halogens is 2. The van der Waals surface area contributed by atoms with Crippen LogP contribution in [0.5, 0.6) is 0 Å². The highest BCUT2D eigenvalue weighted by atomic mass is 35.5. The lowest BCUT2D eigenvalue weighted by molar-refractivity contribution is 0.103. The van der Waals surface area contributed by atoms with Gasteiger partial charge in [0, 0.05) is 27.5 Å². The van der Waals surface area contributed by atoms with E-state index in [-0.39, 0.29) is 11.6 Å². The van der Waals surface area contributed by atoms with Crippen LogP contribution in [0.4, 0.5) is 4.39 Å². The summed E-state index contributed by atoms with van der Waals surface area (Å²) in [6.45, 7) is 0. The van der Waals surface area contributed by atoms with E-state index in [9.17, 15) is 9.18 Å². The minimum Gasteiger partial charge on any atom is -0.325 e. The van der Waals surface area contributed by atoms with Gasteiger partial charge in [0.2, 0.25) is 0 Å². The zero-order chi connectivity index (χ0) is 17.6. The summed E-state index contributed by atoms with van der Waals surface area (Å²) in [7, 11) is 0. The van der Waals surface area contributed by atoms with Gasteiger partial charge in [0.1, 0.15) is 5.82 Å². The molecular weight excluding hydrogens is 357 g/mol.